The number of ether oxygens (including phenoxy) is 1. The lowest BCUT2D eigenvalue weighted by atomic mass is 10.3. The van der Waals surface area contributed by atoms with Crippen LogP contribution < -0.4 is 0 Å². The zero-order valence-electron chi connectivity index (χ0n) is 8.62. The molecule has 13 heavy (non-hydrogen) atoms. The third-order valence-corrected chi connectivity index (χ3v) is 1.90. The SMILES string of the molecule is CCN(CC)C(CCO)OC(C)=O. The van der Waals surface area contributed by atoms with Gasteiger partial charge in [0.1, 0.15) is 0 Å². The number of aliphatic hydroxyl groups excluding tert-OH is 1. The van der Waals surface area contributed by atoms with Crippen LogP contribution >= 0.6 is 0 Å². The molecule has 0 radical (unpaired) electrons. The Morgan fingerprint density at radius 3 is 2.31 bits per heavy atom. The Morgan fingerprint density at radius 1 is 1.46 bits per heavy atom. The van der Waals surface area contributed by atoms with E-state index in [1.807, 2.05) is 18.7 Å². The summed E-state index contributed by atoms with van der Waals surface area (Å²) in [7, 11) is 0. The van der Waals surface area contributed by atoms with Crippen molar-refractivity contribution in [3.05, 3.63) is 0 Å². The lowest BCUT2D eigenvalue weighted by molar-refractivity contribution is -0.157. The van der Waals surface area contributed by atoms with Crippen LogP contribution in [-0.2, 0) is 9.53 Å². The Labute approximate surface area is 79.5 Å². The van der Waals surface area contributed by atoms with Crippen LogP contribution in [0.15, 0.2) is 0 Å². The summed E-state index contributed by atoms with van der Waals surface area (Å²) in [5.74, 6) is -0.301. The molecule has 4 nitrogen and oxygen atoms in total. The van der Waals surface area contributed by atoms with Crippen LogP contribution in [0.25, 0.3) is 0 Å². The molecule has 1 atom stereocenters. The molecular formula is C9H19NO3. The van der Waals surface area contributed by atoms with Gasteiger partial charge in [-0.25, -0.2) is 0 Å². The van der Waals surface area contributed by atoms with Gasteiger partial charge in [-0.3, -0.25) is 9.69 Å². The molecule has 0 aliphatic rings. The molecule has 0 amide bonds. The van der Waals surface area contributed by atoms with Crippen molar-refractivity contribution in [2.45, 2.75) is 33.4 Å². The van der Waals surface area contributed by atoms with Gasteiger partial charge in [0.15, 0.2) is 6.23 Å². The maximum absolute atomic E-state index is 10.7. The summed E-state index contributed by atoms with van der Waals surface area (Å²) in [5, 5.41) is 8.77. The Morgan fingerprint density at radius 2 is 2.00 bits per heavy atom. The molecule has 0 aliphatic heterocycles. The zero-order chi connectivity index (χ0) is 10.3. The number of carbonyl (C=O) groups excluding carboxylic acids is 1. The van der Waals surface area contributed by atoms with Gasteiger partial charge in [0.25, 0.3) is 0 Å². The zero-order valence-corrected chi connectivity index (χ0v) is 8.62. The molecule has 0 rings (SSSR count). The molecule has 0 aromatic heterocycles. The Bertz CT molecular complexity index is 146. The van der Waals surface area contributed by atoms with Gasteiger partial charge in [-0.15, -0.1) is 0 Å². The first-order chi connectivity index (χ1) is 6.15. The summed E-state index contributed by atoms with van der Waals surface area (Å²) in [5.41, 5.74) is 0. The molecule has 78 valence electrons. The summed E-state index contributed by atoms with van der Waals surface area (Å²) >= 11 is 0. The van der Waals surface area contributed by atoms with E-state index in [1.54, 1.807) is 0 Å². The number of nitrogens with zero attached hydrogens (tertiary/aromatic N) is 1. The first kappa shape index (κ1) is 12.4. The van der Waals surface area contributed by atoms with Gasteiger partial charge in [0, 0.05) is 20.0 Å². The van der Waals surface area contributed by atoms with Gasteiger partial charge >= 0.3 is 5.97 Å². The third-order valence-electron chi connectivity index (χ3n) is 1.90. The van der Waals surface area contributed by atoms with Crippen LogP contribution in [0.4, 0.5) is 0 Å². The maximum atomic E-state index is 10.7. The summed E-state index contributed by atoms with van der Waals surface area (Å²) < 4.78 is 5.06. The second-order valence-corrected chi connectivity index (χ2v) is 2.80. The van der Waals surface area contributed by atoms with Crippen molar-refractivity contribution < 1.29 is 14.6 Å². The molecule has 0 aliphatic carbocycles. The van der Waals surface area contributed by atoms with Crippen LogP contribution in [-0.4, -0.2) is 41.9 Å². The Kier molecular flexibility index (Phi) is 6.54. The highest BCUT2D eigenvalue weighted by Gasteiger charge is 2.17. The van der Waals surface area contributed by atoms with E-state index in [9.17, 15) is 4.79 Å². The van der Waals surface area contributed by atoms with Crippen molar-refractivity contribution in [1.82, 2.24) is 4.90 Å². The fraction of sp³-hybridized carbons (Fsp3) is 0.889. The van der Waals surface area contributed by atoms with E-state index in [1.165, 1.54) is 6.92 Å². The lowest BCUT2D eigenvalue weighted by Crippen LogP contribution is -2.38. The molecule has 1 N–H and O–H groups in total. The van der Waals surface area contributed by atoms with E-state index in [4.69, 9.17) is 9.84 Å². The molecule has 0 heterocycles. The van der Waals surface area contributed by atoms with Gasteiger partial charge in [0.05, 0.1) is 0 Å². The summed E-state index contributed by atoms with van der Waals surface area (Å²) in [6.45, 7) is 7.04. The summed E-state index contributed by atoms with van der Waals surface area (Å²) in [6, 6.07) is 0. The normalized spacial score (nSPS) is 13.0. The fourth-order valence-corrected chi connectivity index (χ4v) is 1.25. The molecule has 0 saturated heterocycles. The summed E-state index contributed by atoms with van der Waals surface area (Å²) in [6.07, 6.45) is 0.193. The average molecular weight is 189 g/mol. The molecule has 0 spiro atoms. The second-order valence-electron chi connectivity index (χ2n) is 2.80. The molecule has 0 saturated carbocycles. The topological polar surface area (TPSA) is 49.8 Å². The van der Waals surface area contributed by atoms with Crippen molar-refractivity contribution in [3.8, 4) is 0 Å². The minimum absolute atomic E-state index is 0.0362. The summed E-state index contributed by atoms with van der Waals surface area (Å²) in [4.78, 5) is 12.7. The van der Waals surface area contributed by atoms with Gasteiger partial charge < -0.3 is 9.84 Å². The van der Waals surface area contributed by atoms with Crippen molar-refractivity contribution in [3.63, 3.8) is 0 Å². The van der Waals surface area contributed by atoms with Crippen LogP contribution in [0.2, 0.25) is 0 Å². The maximum Gasteiger partial charge on any atom is 0.304 e. The van der Waals surface area contributed by atoms with E-state index in [2.05, 4.69) is 0 Å². The van der Waals surface area contributed by atoms with E-state index in [-0.39, 0.29) is 18.8 Å². The standard InChI is InChI=1S/C9H19NO3/c1-4-10(5-2)9(6-7-11)13-8(3)12/h9,11H,4-7H2,1-3H3. The molecule has 0 aromatic rings. The number of aliphatic hydroxyl groups is 1. The van der Waals surface area contributed by atoms with E-state index < -0.39 is 0 Å². The van der Waals surface area contributed by atoms with Crippen molar-refractivity contribution in [1.29, 1.82) is 0 Å². The molecular weight excluding hydrogens is 170 g/mol. The quantitative estimate of drug-likeness (QED) is 0.491. The first-order valence-corrected chi connectivity index (χ1v) is 4.67. The Hall–Kier alpha value is -0.610. The third kappa shape index (κ3) is 4.85. The number of hydrogen-bond acceptors (Lipinski definition) is 4. The van der Waals surface area contributed by atoms with Crippen molar-refractivity contribution >= 4 is 5.97 Å². The van der Waals surface area contributed by atoms with Crippen LogP contribution in [0.5, 0.6) is 0 Å². The largest absolute Gasteiger partial charge is 0.446 e. The number of carbonyl (C=O) groups is 1. The smallest absolute Gasteiger partial charge is 0.304 e. The molecule has 0 aromatic carbocycles. The number of hydrogen-bond donors (Lipinski definition) is 1. The fourth-order valence-electron chi connectivity index (χ4n) is 1.25. The lowest BCUT2D eigenvalue weighted by Gasteiger charge is -2.28. The monoisotopic (exact) mass is 189 g/mol. The van der Waals surface area contributed by atoms with Crippen LogP contribution in [0.1, 0.15) is 27.2 Å². The highest BCUT2D eigenvalue weighted by molar-refractivity contribution is 5.66. The molecule has 0 fully saturated rings. The van der Waals surface area contributed by atoms with Crippen molar-refractivity contribution in [2.75, 3.05) is 19.7 Å². The van der Waals surface area contributed by atoms with Gasteiger partial charge in [-0.05, 0) is 13.1 Å². The van der Waals surface area contributed by atoms with Crippen molar-refractivity contribution in [2.24, 2.45) is 0 Å². The number of rotatable bonds is 6. The molecule has 4 heteroatoms. The van der Waals surface area contributed by atoms with E-state index >= 15 is 0 Å². The average Bonchev–Trinajstić information content (AvgIpc) is 2.05. The van der Waals surface area contributed by atoms with Gasteiger partial charge in [-0.2, -0.15) is 0 Å². The minimum atomic E-state index is -0.301. The second kappa shape index (κ2) is 6.86. The molecule has 1 unspecified atom stereocenters. The van der Waals surface area contributed by atoms with Crippen LogP contribution in [0, 0.1) is 0 Å². The predicted octanol–water partition coefficient (Wildman–Crippen LogP) is 0.600. The molecule has 0 bridgehead atoms. The first-order valence-electron chi connectivity index (χ1n) is 4.67. The van der Waals surface area contributed by atoms with Gasteiger partial charge in [-0.1, -0.05) is 13.8 Å². The van der Waals surface area contributed by atoms with Gasteiger partial charge in [0.2, 0.25) is 0 Å². The number of esters is 1. The highest BCUT2D eigenvalue weighted by atomic mass is 16.6. The minimum Gasteiger partial charge on any atom is -0.446 e. The van der Waals surface area contributed by atoms with E-state index in [0.29, 0.717) is 6.42 Å². The predicted molar refractivity (Wildman–Crippen MR) is 50.2 cm³/mol. The van der Waals surface area contributed by atoms with Crippen LogP contribution in [0.3, 0.4) is 0 Å². The highest BCUT2D eigenvalue weighted by Crippen LogP contribution is 2.05. The van der Waals surface area contributed by atoms with E-state index in [0.717, 1.165) is 13.1 Å². The Balaban J connectivity index is 4.11.